The van der Waals surface area contributed by atoms with Crippen LogP contribution in [0.3, 0.4) is 0 Å². The maximum atomic E-state index is 12.2. The van der Waals surface area contributed by atoms with Crippen molar-refractivity contribution < 1.29 is 19.1 Å². The molecule has 0 aromatic heterocycles. The van der Waals surface area contributed by atoms with E-state index in [-0.39, 0.29) is 18.9 Å². The Balaban J connectivity index is 1.81. The highest BCUT2D eigenvalue weighted by Gasteiger charge is 2.10. The standard InChI is InChI=1S/C20H23N3O4/c1-14-9-10-18(26-3)17(11-14)21-19(24)12-15(2)22-23-20(25)13-27-16-7-5-4-6-8-16/h4-11H,12-13H2,1-3H3,(H,21,24)(H,23,25)/b22-15+. The van der Waals surface area contributed by atoms with Crippen LogP contribution in [0.5, 0.6) is 11.5 Å². The van der Waals surface area contributed by atoms with Gasteiger partial charge in [0.15, 0.2) is 6.61 Å². The lowest BCUT2D eigenvalue weighted by Gasteiger charge is -2.11. The van der Waals surface area contributed by atoms with Crippen LogP contribution in [0.4, 0.5) is 5.69 Å². The van der Waals surface area contributed by atoms with Crippen LogP contribution in [0.2, 0.25) is 0 Å². The Morgan fingerprint density at radius 1 is 1.07 bits per heavy atom. The van der Waals surface area contributed by atoms with Gasteiger partial charge in [-0.15, -0.1) is 0 Å². The molecule has 2 N–H and O–H groups in total. The summed E-state index contributed by atoms with van der Waals surface area (Å²) in [5, 5.41) is 6.71. The van der Waals surface area contributed by atoms with Crippen LogP contribution in [0.15, 0.2) is 53.6 Å². The molecule has 27 heavy (non-hydrogen) atoms. The molecular weight excluding hydrogens is 346 g/mol. The number of nitrogens with zero attached hydrogens (tertiary/aromatic N) is 1. The van der Waals surface area contributed by atoms with Crippen molar-refractivity contribution in [3.63, 3.8) is 0 Å². The monoisotopic (exact) mass is 369 g/mol. The first kappa shape index (κ1) is 20.0. The molecular formula is C20H23N3O4. The average Bonchev–Trinajstić information content (AvgIpc) is 2.65. The first-order valence-corrected chi connectivity index (χ1v) is 8.42. The van der Waals surface area contributed by atoms with Crippen LogP contribution >= 0.6 is 0 Å². The van der Waals surface area contributed by atoms with Crippen molar-refractivity contribution in [2.24, 2.45) is 5.10 Å². The van der Waals surface area contributed by atoms with E-state index in [9.17, 15) is 9.59 Å². The van der Waals surface area contributed by atoms with Crippen molar-refractivity contribution >= 4 is 23.2 Å². The van der Waals surface area contributed by atoms with Gasteiger partial charge < -0.3 is 14.8 Å². The summed E-state index contributed by atoms with van der Waals surface area (Å²) in [5.41, 5.74) is 4.43. The molecule has 2 aromatic rings. The fraction of sp³-hybridized carbons (Fsp3) is 0.250. The van der Waals surface area contributed by atoms with Gasteiger partial charge in [0.1, 0.15) is 11.5 Å². The molecule has 2 rings (SSSR count). The van der Waals surface area contributed by atoms with Crippen molar-refractivity contribution in [2.75, 3.05) is 19.0 Å². The number of benzene rings is 2. The van der Waals surface area contributed by atoms with Crippen LogP contribution in [-0.4, -0.2) is 31.2 Å². The SMILES string of the molecule is COc1ccc(C)cc1NC(=O)C/C(C)=N/NC(=O)COc1ccccc1. The molecule has 0 heterocycles. The van der Waals surface area contributed by atoms with E-state index in [0.29, 0.717) is 22.9 Å². The summed E-state index contributed by atoms with van der Waals surface area (Å²) in [7, 11) is 1.54. The normalized spacial score (nSPS) is 10.9. The van der Waals surface area contributed by atoms with Gasteiger partial charge in [-0.3, -0.25) is 9.59 Å². The van der Waals surface area contributed by atoms with Gasteiger partial charge in [0, 0.05) is 5.71 Å². The number of hydrazone groups is 1. The second kappa shape index (κ2) is 9.96. The second-order valence-electron chi connectivity index (χ2n) is 5.91. The maximum absolute atomic E-state index is 12.2. The van der Waals surface area contributed by atoms with Crippen molar-refractivity contribution in [3.05, 3.63) is 54.1 Å². The Labute approximate surface area is 158 Å². The molecule has 0 saturated heterocycles. The Bertz CT molecular complexity index is 819. The van der Waals surface area contributed by atoms with Crippen LogP contribution in [0.25, 0.3) is 0 Å². The number of methoxy groups -OCH3 is 1. The minimum Gasteiger partial charge on any atom is -0.495 e. The van der Waals surface area contributed by atoms with Gasteiger partial charge in [-0.25, -0.2) is 5.43 Å². The number of rotatable bonds is 8. The first-order chi connectivity index (χ1) is 13.0. The van der Waals surface area contributed by atoms with E-state index in [2.05, 4.69) is 15.8 Å². The predicted molar refractivity (Wildman–Crippen MR) is 104 cm³/mol. The molecule has 0 atom stereocenters. The van der Waals surface area contributed by atoms with Gasteiger partial charge in [-0.05, 0) is 43.7 Å². The number of aryl methyl sites for hydroxylation is 1. The van der Waals surface area contributed by atoms with E-state index < -0.39 is 5.91 Å². The summed E-state index contributed by atoms with van der Waals surface area (Å²) in [6.45, 7) is 3.42. The zero-order chi connectivity index (χ0) is 19.6. The highest BCUT2D eigenvalue weighted by Crippen LogP contribution is 2.25. The van der Waals surface area contributed by atoms with Gasteiger partial charge >= 0.3 is 0 Å². The molecule has 0 fully saturated rings. The summed E-state index contributed by atoms with van der Waals surface area (Å²) in [5.74, 6) is 0.517. The number of hydrogen-bond donors (Lipinski definition) is 2. The molecule has 2 aromatic carbocycles. The lowest BCUT2D eigenvalue weighted by Crippen LogP contribution is -2.26. The second-order valence-corrected chi connectivity index (χ2v) is 5.91. The van der Waals surface area contributed by atoms with Crippen molar-refractivity contribution in [3.8, 4) is 11.5 Å². The lowest BCUT2D eigenvalue weighted by molar-refractivity contribution is -0.123. The van der Waals surface area contributed by atoms with Crippen molar-refractivity contribution in [1.29, 1.82) is 0 Å². The van der Waals surface area contributed by atoms with E-state index in [1.54, 1.807) is 32.2 Å². The zero-order valence-electron chi connectivity index (χ0n) is 15.6. The largest absolute Gasteiger partial charge is 0.495 e. The molecule has 0 aliphatic rings. The van der Waals surface area contributed by atoms with Crippen LogP contribution in [-0.2, 0) is 9.59 Å². The smallest absolute Gasteiger partial charge is 0.277 e. The summed E-state index contributed by atoms with van der Waals surface area (Å²) in [4.78, 5) is 23.9. The van der Waals surface area contributed by atoms with E-state index in [4.69, 9.17) is 9.47 Å². The number of carbonyl (C=O) groups is 2. The van der Waals surface area contributed by atoms with E-state index in [0.717, 1.165) is 5.56 Å². The molecule has 0 aliphatic heterocycles. The Morgan fingerprint density at radius 2 is 1.81 bits per heavy atom. The number of anilines is 1. The third kappa shape index (κ3) is 6.81. The molecule has 7 heteroatoms. The molecule has 0 saturated carbocycles. The van der Waals surface area contributed by atoms with Gasteiger partial charge in [-0.2, -0.15) is 5.10 Å². The minimum absolute atomic E-state index is 0.0386. The number of amides is 2. The quantitative estimate of drug-likeness (QED) is 0.553. The molecule has 0 bridgehead atoms. The summed E-state index contributed by atoms with van der Waals surface area (Å²) in [6, 6.07) is 14.5. The molecule has 0 unspecified atom stereocenters. The topological polar surface area (TPSA) is 89.0 Å². The third-order valence-corrected chi connectivity index (χ3v) is 3.53. The first-order valence-electron chi connectivity index (χ1n) is 8.42. The highest BCUT2D eigenvalue weighted by molar-refractivity contribution is 6.06. The van der Waals surface area contributed by atoms with E-state index in [1.165, 1.54) is 0 Å². The third-order valence-electron chi connectivity index (χ3n) is 3.53. The number of ether oxygens (including phenoxy) is 2. The van der Waals surface area contributed by atoms with Gasteiger partial charge in [0.05, 0.1) is 19.2 Å². The molecule has 7 nitrogen and oxygen atoms in total. The number of hydrogen-bond acceptors (Lipinski definition) is 5. The summed E-state index contributed by atoms with van der Waals surface area (Å²) >= 11 is 0. The predicted octanol–water partition coefficient (Wildman–Crippen LogP) is 2.90. The number of nitrogens with one attached hydrogen (secondary N) is 2. The summed E-state index contributed by atoms with van der Waals surface area (Å²) < 4.78 is 10.6. The number of para-hydroxylation sites is 1. The molecule has 0 radical (unpaired) electrons. The maximum Gasteiger partial charge on any atom is 0.277 e. The molecule has 0 spiro atoms. The van der Waals surface area contributed by atoms with Gasteiger partial charge in [0.2, 0.25) is 5.91 Å². The number of carbonyl (C=O) groups excluding carboxylic acids is 2. The molecule has 0 aliphatic carbocycles. The zero-order valence-corrected chi connectivity index (χ0v) is 15.6. The van der Waals surface area contributed by atoms with Gasteiger partial charge in [0.25, 0.3) is 5.91 Å². The highest BCUT2D eigenvalue weighted by atomic mass is 16.5. The van der Waals surface area contributed by atoms with Crippen LogP contribution in [0, 0.1) is 6.92 Å². The fourth-order valence-electron chi connectivity index (χ4n) is 2.24. The van der Waals surface area contributed by atoms with Crippen LogP contribution < -0.4 is 20.2 Å². The van der Waals surface area contributed by atoms with E-state index in [1.807, 2.05) is 37.3 Å². The van der Waals surface area contributed by atoms with Crippen molar-refractivity contribution in [2.45, 2.75) is 20.3 Å². The Hall–Kier alpha value is -3.35. The summed E-state index contributed by atoms with van der Waals surface area (Å²) in [6.07, 6.45) is 0.0386. The Morgan fingerprint density at radius 3 is 2.52 bits per heavy atom. The molecule has 142 valence electrons. The lowest BCUT2D eigenvalue weighted by atomic mass is 10.2. The van der Waals surface area contributed by atoms with E-state index >= 15 is 0 Å². The fourth-order valence-corrected chi connectivity index (χ4v) is 2.24. The van der Waals surface area contributed by atoms with Gasteiger partial charge in [-0.1, -0.05) is 24.3 Å². The Kier molecular flexibility index (Phi) is 7.37. The van der Waals surface area contributed by atoms with Crippen LogP contribution in [0.1, 0.15) is 18.9 Å². The molecule has 2 amide bonds. The minimum atomic E-state index is -0.404. The van der Waals surface area contributed by atoms with Crippen molar-refractivity contribution in [1.82, 2.24) is 5.43 Å². The average molecular weight is 369 g/mol.